The second-order valence-electron chi connectivity index (χ2n) is 5.00. The van der Waals surface area contributed by atoms with E-state index in [1.54, 1.807) is 12.3 Å². The zero-order valence-corrected chi connectivity index (χ0v) is 12.6. The molecular formula is C15H12ClN3O4. The quantitative estimate of drug-likeness (QED) is 0.760. The van der Waals surface area contributed by atoms with E-state index < -0.39 is 22.7 Å². The molecule has 3 aromatic rings. The van der Waals surface area contributed by atoms with E-state index in [1.807, 2.05) is 16.8 Å². The molecule has 0 aliphatic rings. The van der Waals surface area contributed by atoms with Crippen LogP contribution < -0.4 is 5.43 Å². The number of aryl methyl sites for hydroxylation is 2. The molecule has 23 heavy (non-hydrogen) atoms. The molecule has 0 saturated carbocycles. The molecule has 7 nitrogen and oxygen atoms in total. The summed E-state index contributed by atoms with van der Waals surface area (Å²) in [5, 5.41) is 20.0. The molecular weight excluding hydrogens is 322 g/mol. The number of fused-ring (bicyclic) bond motifs is 1. The molecule has 3 heterocycles. The Morgan fingerprint density at radius 1 is 1.30 bits per heavy atom. The minimum Gasteiger partial charge on any atom is -0.503 e. The van der Waals surface area contributed by atoms with Crippen LogP contribution in [0.2, 0.25) is 5.02 Å². The van der Waals surface area contributed by atoms with Crippen molar-refractivity contribution in [2.45, 2.75) is 13.1 Å². The third kappa shape index (κ3) is 2.91. The fraction of sp³-hybridized carbons (Fsp3) is 0.133. The molecule has 0 bridgehead atoms. The summed E-state index contributed by atoms with van der Waals surface area (Å²) in [4.78, 5) is 26.8. The number of aromatic carboxylic acids is 1. The zero-order chi connectivity index (χ0) is 16.6. The number of hydrogen-bond donors (Lipinski definition) is 2. The molecule has 118 valence electrons. The maximum Gasteiger partial charge on any atom is 0.341 e. The van der Waals surface area contributed by atoms with E-state index in [1.165, 1.54) is 17.0 Å². The number of aromatic nitrogens is 3. The number of aromatic hydroxyl groups is 1. The number of halogens is 1. The highest BCUT2D eigenvalue weighted by Crippen LogP contribution is 2.18. The highest BCUT2D eigenvalue weighted by atomic mass is 35.5. The van der Waals surface area contributed by atoms with Gasteiger partial charge in [-0.3, -0.25) is 4.79 Å². The lowest BCUT2D eigenvalue weighted by atomic mass is 10.2. The van der Waals surface area contributed by atoms with Crippen LogP contribution in [0.3, 0.4) is 0 Å². The average molecular weight is 334 g/mol. The topological polar surface area (TPSA) is 97.3 Å². The van der Waals surface area contributed by atoms with Crippen molar-refractivity contribution in [2.75, 3.05) is 0 Å². The van der Waals surface area contributed by atoms with Gasteiger partial charge in [0.15, 0.2) is 5.75 Å². The Hall–Kier alpha value is -2.80. The predicted molar refractivity (Wildman–Crippen MR) is 84.1 cm³/mol. The van der Waals surface area contributed by atoms with Gasteiger partial charge in [0.05, 0.1) is 5.02 Å². The molecule has 0 aromatic carbocycles. The van der Waals surface area contributed by atoms with Gasteiger partial charge in [0.2, 0.25) is 5.43 Å². The molecule has 0 aliphatic heterocycles. The van der Waals surface area contributed by atoms with Crippen molar-refractivity contribution >= 4 is 28.6 Å². The van der Waals surface area contributed by atoms with Crippen LogP contribution in [0.1, 0.15) is 10.4 Å². The van der Waals surface area contributed by atoms with Gasteiger partial charge in [-0.25, -0.2) is 9.78 Å². The Kier molecular flexibility index (Phi) is 3.79. The number of carboxylic acids is 1. The lowest BCUT2D eigenvalue weighted by Gasteiger charge is -2.10. The van der Waals surface area contributed by atoms with Crippen molar-refractivity contribution in [3.8, 4) is 5.75 Å². The number of hydrogen-bond acceptors (Lipinski definition) is 4. The summed E-state index contributed by atoms with van der Waals surface area (Å²) in [7, 11) is 0. The summed E-state index contributed by atoms with van der Waals surface area (Å²) in [6.45, 7) is 0.849. The standard InChI is InChI=1S/C15H12ClN3O4/c16-10-5-9-1-2-19(14(9)17-6-10)4-3-18-7-11(15(22)23)13(21)12(20)8-18/h1-2,5-8,20H,3-4H2,(H,22,23). The van der Waals surface area contributed by atoms with Crippen molar-refractivity contribution in [3.05, 3.63) is 57.7 Å². The van der Waals surface area contributed by atoms with Gasteiger partial charge in [0, 0.05) is 43.3 Å². The summed E-state index contributed by atoms with van der Waals surface area (Å²) in [5.74, 6) is -1.96. The van der Waals surface area contributed by atoms with Crippen LogP contribution >= 0.6 is 11.6 Å². The molecule has 0 amide bonds. The molecule has 0 fully saturated rings. The van der Waals surface area contributed by atoms with Gasteiger partial charge < -0.3 is 19.3 Å². The Bertz CT molecular complexity index is 961. The largest absolute Gasteiger partial charge is 0.503 e. The van der Waals surface area contributed by atoms with Gasteiger partial charge in [0.25, 0.3) is 0 Å². The first-order valence-electron chi connectivity index (χ1n) is 6.72. The minimum absolute atomic E-state index is 0.363. The van der Waals surface area contributed by atoms with E-state index in [0.717, 1.165) is 11.0 Å². The second-order valence-corrected chi connectivity index (χ2v) is 5.44. The first-order valence-corrected chi connectivity index (χ1v) is 7.10. The summed E-state index contributed by atoms with van der Waals surface area (Å²) < 4.78 is 3.34. The Morgan fingerprint density at radius 2 is 2.09 bits per heavy atom. The van der Waals surface area contributed by atoms with Gasteiger partial charge >= 0.3 is 5.97 Å². The van der Waals surface area contributed by atoms with Crippen LogP contribution in [0.5, 0.6) is 5.75 Å². The van der Waals surface area contributed by atoms with E-state index in [2.05, 4.69) is 4.98 Å². The van der Waals surface area contributed by atoms with Crippen LogP contribution in [0.4, 0.5) is 0 Å². The summed E-state index contributed by atoms with van der Waals surface area (Å²) in [5.41, 5.74) is -0.609. The maximum absolute atomic E-state index is 11.5. The van der Waals surface area contributed by atoms with Gasteiger partial charge in [-0.1, -0.05) is 11.6 Å². The fourth-order valence-corrected chi connectivity index (χ4v) is 2.52. The van der Waals surface area contributed by atoms with Crippen LogP contribution in [-0.4, -0.2) is 30.3 Å². The van der Waals surface area contributed by atoms with E-state index in [4.69, 9.17) is 16.7 Å². The highest BCUT2D eigenvalue weighted by Gasteiger charge is 2.13. The van der Waals surface area contributed by atoms with Crippen LogP contribution in [0, 0.1) is 0 Å². The number of pyridine rings is 2. The minimum atomic E-state index is -1.37. The van der Waals surface area contributed by atoms with Crippen molar-refractivity contribution in [1.29, 1.82) is 0 Å². The highest BCUT2D eigenvalue weighted by molar-refractivity contribution is 6.31. The smallest absolute Gasteiger partial charge is 0.341 e. The predicted octanol–water partition coefficient (Wildman–Crippen LogP) is 1.96. The van der Waals surface area contributed by atoms with Gasteiger partial charge in [-0.05, 0) is 12.1 Å². The molecule has 0 aliphatic carbocycles. The zero-order valence-electron chi connectivity index (χ0n) is 11.8. The molecule has 8 heteroatoms. The molecule has 0 spiro atoms. The summed E-state index contributed by atoms with van der Waals surface area (Å²) >= 11 is 5.89. The lowest BCUT2D eigenvalue weighted by molar-refractivity contribution is 0.0693. The van der Waals surface area contributed by atoms with Gasteiger partial charge in [-0.15, -0.1) is 0 Å². The number of rotatable bonds is 4. The molecule has 0 unspecified atom stereocenters. The summed E-state index contributed by atoms with van der Waals surface area (Å²) in [6.07, 6.45) is 5.81. The lowest BCUT2D eigenvalue weighted by Crippen LogP contribution is -2.18. The van der Waals surface area contributed by atoms with Crippen LogP contribution in [-0.2, 0) is 13.1 Å². The SMILES string of the molecule is O=C(O)c1cn(CCn2ccc3cc(Cl)cnc32)cc(O)c1=O. The first-order chi connectivity index (χ1) is 11.0. The van der Waals surface area contributed by atoms with Gasteiger partial charge in [0.1, 0.15) is 11.2 Å². The number of carboxylic acid groups (broad SMARTS) is 1. The van der Waals surface area contributed by atoms with Crippen LogP contribution in [0.15, 0.2) is 41.7 Å². The molecule has 3 rings (SSSR count). The van der Waals surface area contributed by atoms with E-state index in [0.29, 0.717) is 18.1 Å². The molecule has 0 atom stereocenters. The molecule has 2 N–H and O–H groups in total. The van der Waals surface area contributed by atoms with E-state index in [-0.39, 0.29) is 0 Å². The Morgan fingerprint density at radius 3 is 2.83 bits per heavy atom. The maximum atomic E-state index is 11.5. The van der Waals surface area contributed by atoms with Crippen LogP contribution in [0.25, 0.3) is 11.0 Å². The van der Waals surface area contributed by atoms with Crippen molar-refractivity contribution in [2.24, 2.45) is 0 Å². The molecule has 0 radical (unpaired) electrons. The normalized spacial score (nSPS) is 11.0. The Labute approximate surface area is 135 Å². The van der Waals surface area contributed by atoms with Crippen molar-refractivity contribution in [1.82, 2.24) is 14.1 Å². The van der Waals surface area contributed by atoms with Crippen molar-refractivity contribution < 1.29 is 15.0 Å². The molecule has 3 aromatic heterocycles. The first kappa shape index (κ1) is 15.1. The van der Waals surface area contributed by atoms with Crippen molar-refractivity contribution in [3.63, 3.8) is 0 Å². The summed E-state index contributed by atoms with van der Waals surface area (Å²) in [6, 6.07) is 3.67. The fourth-order valence-electron chi connectivity index (χ4n) is 2.35. The third-order valence-electron chi connectivity index (χ3n) is 3.46. The average Bonchev–Trinajstić information content (AvgIpc) is 2.90. The third-order valence-corrected chi connectivity index (χ3v) is 3.66. The van der Waals surface area contributed by atoms with E-state index >= 15 is 0 Å². The van der Waals surface area contributed by atoms with E-state index in [9.17, 15) is 14.7 Å². The van der Waals surface area contributed by atoms with Gasteiger partial charge in [-0.2, -0.15) is 0 Å². The number of nitrogens with zero attached hydrogens (tertiary/aromatic N) is 3. The monoisotopic (exact) mass is 333 g/mol. The number of carbonyl (C=O) groups is 1. The molecule has 0 saturated heterocycles. The Balaban J connectivity index is 1.88. The second kappa shape index (κ2) is 5.77.